The van der Waals surface area contributed by atoms with Crippen molar-refractivity contribution < 1.29 is 4.79 Å². The maximum atomic E-state index is 10.5. The van der Waals surface area contributed by atoms with Gasteiger partial charge in [-0.05, 0) is 5.92 Å². The van der Waals surface area contributed by atoms with Gasteiger partial charge >= 0.3 is 5.91 Å². The van der Waals surface area contributed by atoms with E-state index in [2.05, 4.69) is 10.3 Å². The zero-order valence-electron chi connectivity index (χ0n) is 5.72. The Hall–Kier alpha value is -1.34. The molecule has 4 nitrogen and oxygen atoms in total. The van der Waals surface area contributed by atoms with Crippen molar-refractivity contribution in [2.24, 2.45) is 10.7 Å². The number of carbonyl (C=O) groups is 1. The Morgan fingerprint density at radius 3 is 2.80 bits per heavy atom. The first-order valence-corrected chi connectivity index (χ1v) is 2.68. The molecule has 0 aliphatic carbocycles. The van der Waals surface area contributed by atoms with Crippen LogP contribution < -0.4 is 11.1 Å². The van der Waals surface area contributed by atoms with Gasteiger partial charge in [0.05, 0.1) is 6.54 Å². The van der Waals surface area contributed by atoms with Crippen LogP contribution in [0.2, 0.25) is 0 Å². The van der Waals surface area contributed by atoms with E-state index in [0.29, 0.717) is 5.84 Å². The zero-order valence-corrected chi connectivity index (χ0v) is 5.72. The highest BCUT2D eigenvalue weighted by Gasteiger charge is 1.97. The summed E-state index contributed by atoms with van der Waals surface area (Å²) >= 11 is 0. The highest BCUT2D eigenvalue weighted by atomic mass is 16.1. The number of nitrogens with two attached hydrogens (primary N) is 1. The number of hydrogen-bond acceptors (Lipinski definition) is 3. The fourth-order valence-corrected chi connectivity index (χ4v) is 0.365. The van der Waals surface area contributed by atoms with Crippen LogP contribution in [0.4, 0.5) is 0 Å². The number of hydrogen-bond donors (Lipinski definition) is 2. The van der Waals surface area contributed by atoms with Crippen LogP contribution in [0.3, 0.4) is 0 Å². The summed E-state index contributed by atoms with van der Waals surface area (Å²) < 4.78 is 0. The molecule has 0 unspecified atom stereocenters. The lowest BCUT2D eigenvalue weighted by Gasteiger charge is -1.99. The lowest BCUT2D eigenvalue weighted by Crippen LogP contribution is -2.34. The van der Waals surface area contributed by atoms with Gasteiger partial charge in [0.1, 0.15) is 5.84 Å². The topological polar surface area (TPSA) is 67.5 Å². The van der Waals surface area contributed by atoms with E-state index in [9.17, 15) is 4.79 Å². The smallest absolute Gasteiger partial charge is 0.300 e. The number of terminal acetylenes is 1. The first-order valence-electron chi connectivity index (χ1n) is 2.68. The summed E-state index contributed by atoms with van der Waals surface area (Å²) in [4.78, 5) is 14.1. The van der Waals surface area contributed by atoms with Crippen LogP contribution >= 0.6 is 0 Å². The molecule has 0 fully saturated rings. The summed E-state index contributed by atoms with van der Waals surface area (Å²) in [6, 6.07) is 0. The number of carbonyl (C=O) groups excluding carboxylic acids is 1. The molecule has 0 aromatic rings. The molecule has 0 atom stereocenters. The van der Waals surface area contributed by atoms with Crippen LogP contribution in [0.5, 0.6) is 0 Å². The van der Waals surface area contributed by atoms with Gasteiger partial charge in [0.15, 0.2) is 0 Å². The minimum Gasteiger partial charge on any atom is -0.324 e. The standard InChI is InChI=1S/C6H9N3O/c1-3-6(10)9-5(4-7)8-2/h1H,4,7H2,2H3,(H,8,9,10). The predicted octanol–water partition coefficient (Wildman–Crippen LogP) is -1.28. The van der Waals surface area contributed by atoms with Gasteiger partial charge < -0.3 is 11.1 Å². The molecule has 54 valence electrons. The average Bonchev–Trinajstić information content (AvgIpc) is 1.99. The Balaban J connectivity index is 3.91. The van der Waals surface area contributed by atoms with Crippen LogP contribution in [0.1, 0.15) is 0 Å². The number of nitrogens with one attached hydrogen (secondary N) is 1. The largest absolute Gasteiger partial charge is 0.324 e. The molecule has 1 amide bonds. The second-order valence-electron chi connectivity index (χ2n) is 1.47. The summed E-state index contributed by atoms with van der Waals surface area (Å²) in [7, 11) is 1.53. The van der Waals surface area contributed by atoms with Gasteiger partial charge in [-0.2, -0.15) is 0 Å². The summed E-state index contributed by atoms with van der Waals surface area (Å²) in [5, 5.41) is 2.32. The normalized spacial score (nSPS) is 10.3. The van der Waals surface area contributed by atoms with Gasteiger partial charge in [0, 0.05) is 7.05 Å². The van der Waals surface area contributed by atoms with Crippen molar-refractivity contribution in [2.45, 2.75) is 0 Å². The molecule has 4 heteroatoms. The fourth-order valence-electron chi connectivity index (χ4n) is 0.365. The second-order valence-corrected chi connectivity index (χ2v) is 1.47. The Kier molecular flexibility index (Phi) is 3.92. The van der Waals surface area contributed by atoms with Crippen molar-refractivity contribution in [2.75, 3.05) is 13.6 Å². The summed E-state index contributed by atoms with van der Waals surface area (Å²) in [5.74, 6) is 1.75. The average molecular weight is 139 g/mol. The van der Waals surface area contributed by atoms with Gasteiger partial charge in [0.25, 0.3) is 0 Å². The second kappa shape index (κ2) is 4.53. The van der Waals surface area contributed by atoms with Crippen molar-refractivity contribution in [3.63, 3.8) is 0 Å². The maximum absolute atomic E-state index is 10.5. The van der Waals surface area contributed by atoms with Crippen LogP contribution in [0.25, 0.3) is 0 Å². The SMILES string of the molecule is C#CC(=O)NC(CN)=NC. The lowest BCUT2D eigenvalue weighted by molar-refractivity contribution is -0.114. The Bertz CT molecular complexity index is 190. The third kappa shape index (κ3) is 2.84. The highest BCUT2D eigenvalue weighted by Crippen LogP contribution is 1.67. The van der Waals surface area contributed by atoms with E-state index in [4.69, 9.17) is 12.2 Å². The molecule has 0 bridgehead atoms. The van der Waals surface area contributed by atoms with Gasteiger partial charge in [-0.1, -0.05) is 0 Å². The Labute approximate surface area is 59.5 Å². The van der Waals surface area contributed by atoms with E-state index >= 15 is 0 Å². The number of amidine groups is 1. The van der Waals surface area contributed by atoms with Crippen LogP contribution in [-0.2, 0) is 4.79 Å². The monoisotopic (exact) mass is 139 g/mol. The quantitative estimate of drug-likeness (QED) is 0.270. The van der Waals surface area contributed by atoms with E-state index in [-0.39, 0.29) is 6.54 Å². The summed E-state index contributed by atoms with van der Waals surface area (Å²) in [6.45, 7) is 0.184. The molecule has 0 aliphatic rings. The first kappa shape index (κ1) is 8.66. The van der Waals surface area contributed by atoms with Gasteiger partial charge in [-0.3, -0.25) is 9.79 Å². The Morgan fingerprint density at radius 1 is 1.90 bits per heavy atom. The molecule has 10 heavy (non-hydrogen) atoms. The molecule has 0 saturated heterocycles. The van der Waals surface area contributed by atoms with E-state index in [1.54, 1.807) is 0 Å². The summed E-state index contributed by atoms with van der Waals surface area (Å²) in [5.41, 5.74) is 5.17. The van der Waals surface area contributed by atoms with E-state index in [0.717, 1.165) is 0 Å². The van der Waals surface area contributed by atoms with Gasteiger partial charge in [0.2, 0.25) is 0 Å². The molecule has 0 aliphatic heterocycles. The van der Waals surface area contributed by atoms with E-state index in [1.165, 1.54) is 7.05 Å². The predicted molar refractivity (Wildman–Crippen MR) is 39.4 cm³/mol. The number of nitrogens with zero attached hydrogens (tertiary/aromatic N) is 1. The Morgan fingerprint density at radius 2 is 2.50 bits per heavy atom. The molecule has 0 spiro atoms. The van der Waals surface area contributed by atoms with E-state index < -0.39 is 5.91 Å². The molecule has 0 rings (SSSR count). The van der Waals surface area contributed by atoms with Crippen molar-refractivity contribution in [1.29, 1.82) is 0 Å². The fraction of sp³-hybridized carbons (Fsp3) is 0.333. The number of rotatable bonds is 1. The van der Waals surface area contributed by atoms with Crippen molar-refractivity contribution >= 4 is 11.7 Å². The summed E-state index contributed by atoms with van der Waals surface area (Å²) in [6.07, 6.45) is 4.77. The molecule has 3 N–H and O–H groups in total. The van der Waals surface area contributed by atoms with Crippen LogP contribution in [0, 0.1) is 12.3 Å². The molecule has 0 radical (unpaired) electrons. The van der Waals surface area contributed by atoms with Crippen LogP contribution in [-0.4, -0.2) is 25.3 Å². The molecular formula is C6H9N3O. The molecule has 0 heterocycles. The third-order valence-corrected chi connectivity index (χ3v) is 0.852. The lowest BCUT2D eigenvalue weighted by atomic mass is 10.5. The maximum Gasteiger partial charge on any atom is 0.300 e. The van der Waals surface area contributed by atoms with Gasteiger partial charge in [-0.15, -0.1) is 6.42 Å². The zero-order chi connectivity index (χ0) is 7.98. The minimum absolute atomic E-state index is 0.184. The molecule has 0 aromatic heterocycles. The highest BCUT2D eigenvalue weighted by molar-refractivity contribution is 6.06. The van der Waals surface area contributed by atoms with Crippen molar-refractivity contribution in [1.82, 2.24) is 5.32 Å². The van der Waals surface area contributed by atoms with Crippen molar-refractivity contribution in [3.05, 3.63) is 0 Å². The number of amides is 1. The van der Waals surface area contributed by atoms with Crippen LogP contribution in [0.15, 0.2) is 4.99 Å². The van der Waals surface area contributed by atoms with E-state index in [1.807, 2.05) is 5.92 Å². The molecule has 0 aromatic carbocycles. The van der Waals surface area contributed by atoms with Gasteiger partial charge in [-0.25, -0.2) is 0 Å². The molecular weight excluding hydrogens is 130 g/mol. The molecule has 0 saturated carbocycles. The number of aliphatic imine (C=N–C) groups is 1. The third-order valence-electron chi connectivity index (χ3n) is 0.852. The minimum atomic E-state index is -0.522. The first-order chi connectivity index (χ1) is 4.74. The van der Waals surface area contributed by atoms with Crippen molar-refractivity contribution in [3.8, 4) is 12.3 Å².